The number of fused-ring (bicyclic) bond motifs is 5. The van der Waals surface area contributed by atoms with Crippen LogP contribution in [-0.4, -0.2) is 83.3 Å². The van der Waals surface area contributed by atoms with Gasteiger partial charge in [0.15, 0.2) is 0 Å². The number of amides is 2. The molecule has 4 aromatic rings. The van der Waals surface area contributed by atoms with Crippen LogP contribution in [0, 0.1) is 0 Å². The van der Waals surface area contributed by atoms with Crippen LogP contribution in [0.4, 0.5) is 13.2 Å². The van der Waals surface area contributed by atoms with Crippen LogP contribution < -0.4 is 9.46 Å². The molecular formula is C40H46F3N5O6S. The zero-order chi connectivity index (χ0) is 39.4. The highest BCUT2D eigenvalue weighted by Crippen LogP contribution is 2.48. The summed E-state index contributed by atoms with van der Waals surface area (Å²) in [6, 6.07) is 10.7. The van der Waals surface area contributed by atoms with E-state index in [1.807, 2.05) is 42.7 Å². The Morgan fingerprint density at radius 1 is 1.02 bits per heavy atom. The van der Waals surface area contributed by atoms with Gasteiger partial charge in [-0.2, -0.15) is 18.3 Å². The van der Waals surface area contributed by atoms with Crippen LogP contribution in [-0.2, 0) is 27.8 Å². The summed E-state index contributed by atoms with van der Waals surface area (Å²) in [5.74, 6) is -0.541. The molecule has 2 aliphatic heterocycles. The lowest BCUT2D eigenvalue weighted by molar-refractivity contribution is -0.142. The minimum Gasteiger partial charge on any atom is -0.497 e. The maximum Gasteiger partial charge on any atom is 0.408 e. The number of sulfonamides is 1. The van der Waals surface area contributed by atoms with Gasteiger partial charge in [0.25, 0.3) is 11.8 Å². The van der Waals surface area contributed by atoms with Crippen molar-refractivity contribution in [3.05, 3.63) is 70.5 Å². The number of hydrogen-bond donors (Lipinski definition) is 1. The van der Waals surface area contributed by atoms with Gasteiger partial charge in [-0.3, -0.25) is 14.3 Å². The maximum atomic E-state index is 14.3. The Morgan fingerprint density at radius 3 is 2.38 bits per heavy atom. The van der Waals surface area contributed by atoms with Gasteiger partial charge in [-0.1, -0.05) is 25.3 Å². The van der Waals surface area contributed by atoms with E-state index in [0.717, 1.165) is 59.0 Å². The molecule has 2 aromatic heterocycles. The highest BCUT2D eigenvalue weighted by molar-refractivity contribution is 7.90. The molecule has 2 aromatic carbocycles. The first-order chi connectivity index (χ1) is 26.0. The van der Waals surface area contributed by atoms with Gasteiger partial charge in [-0.25, -0.2) is 13.1 Å². The van der Waals surface area contributed by atoms with Crippen molar-refractivity contribution in [3.63, 3.8) is 0 Å². The van der Waals surface area contributed by atoms with E-state index in [2.05, 4.69) is 9.82 Å². The summed E-state index contributed by atoms with van der Waals surface area (Å²) in [6.45, 7) is 5.77. The van der Waals surface area contributed by atoms with E-state index in [4.69, 9.17) is 9.47 Å². The number of allylic oxidation sites excluding steroid dienone is 1. The molecule has 0 radical (unpaired) electrons. The predicted octanol–water partition coefficient (Wildman–Crippen LogP) is 7.40. The summed E-state index contributed by atoms with van der Waals surface area (Å²) < 4.78 is 84.6. The van der Waals surface area contributed by atoms with Gasteiger partial charge in [0.05, 0.1) is 54.3 Å². The van der Waals surface area contributed by atoms with Crippen molar-refractivity contribution >= 4 is 44.4 Å². The maximum absolute atomic E-state index is 14.3. The largest absolute Gasteiger partial charge is 0.497 e. The van der Waals surface area contributed by atoms with Gasteiger partial charge in [0, 0.05) is 35.1 Å². The molecule has 0 bridgehead atoms. The minimum atomic E-state index is -4.65. The molecule has 2 amide bonds. The average Bonchev–Trinajstić information content (AvgIpc) is 3.62. The molecule has 1 saturated heterocycles. The highest BCUT2D eigenvalue weighted by atomic mass is 32.2. The van der Waals surface area contributed by atoms with Crippen LogP contribution in [0.5, 0.6) is 5.75 Å². The number of carbonyl (C=O) groups excluding carboxylic acids is 2. The number of halogens is 3. The smallest absolute Gasteiger partial charge is 0.408 e. The number of methoxy groups -OCH3 is 1. The van der Waals surface area contributed by atoms with Crippen LogP contribution in [0.1, 0.15) is 103 Å². The molecule has 15 heteroatoms. The molecule has 1 saturated carbocycles. The van der Waals surface area contributed by atoms with E-state index in [0.29, 0.717) is 22.4 Å². The number of morpholine rings is 1. The number of ether oxygens (including phenoxy) is 2. The number of benzene rings is 2. The Kier molecular flexibility index (Phi) is 10.4. The predicted molar refractivity (Wildman–Crippen MR) is 203 cm³/mol. The van der Waals surface area contributed by atoms with Crippen molar-refractivity contribution in [1.29, 1.82) is 0 Å². The number of nitrogens with one attached hydrogen (secondary N) is 1. The van der Waals surface area contributed by atoms with E-state index in [1.54, 1.807) is 30.2 Å². The Hall–Kier alpha value is -4.63. The van der Waals surface area contributed by atoms with Crippen molar-refractivity contribution in [2.75, 3.05) is 20.2 Å². The highest BCUT2D eigenvalue weighted by Gasteiger charge is 2.37. The Balaban J connectivity index is 1.47. The van der Waals surface area contributed by atoms with E-state index >= 15 is 0 Å². The summed E-state index contributed by atoms with van der Waals surface area (Å²) in [4.78, 5) is 29.4. The Bertz CT molecular complexity index is 2280. The SMILES string of the molecule is COc1ccc2c(c1)C=C(c1c(C(=O)N3C[C@@H](C)O[C@@H](C)C3)cnn1CC(F)(F)F)Cn1c-2c(C2CCCCC2)c2ccc(C(=O)NS(=O)(=O)C(C)C)cc21. The van der Waals surface area contributed by atoms with Gasteiger partial charge in [-0.15, -0.1) is 0 Å². The van der Waals surface area contributed by atoms with E-state index in [1.165, 1.54) is 20.0 Å². The Morgan fingerprint density at radius 2 is 1.73 bits per heavy atom. The van der Waals surface area contributed by atoms with Gasteiger partial charge < -0.3 is 18.9 Å². The molecule has 0 spiro atoms. The quantitative estimate of drug-likeness (QED) is 0.198. The van der Waals surface area contributed by atoms with Crippen molar-refractivity contribution in [2.24, 2.45) is 0 Å². The zero-order valence-corrected chi connectivity index (χ0v) is 32.4. The van der Waals surface area contributed by atoms with Crippen LogP contribution in [0.25, 0.3) is 33.8 Å². The zero-order valence-electron chi connectivity index (χ0n) is 31.6. The van der Waals surface area contributed by atoms with Gasteiger partial charge in [-0.05, 0) is 99.6 Å². The number of hydrogen-bond acceptors (Lipinski definition) is 7. The van der Waals surface area contributed by atoms with Crippen molar-refractivity contribution in [2.45, 2.75) is 102 Å². The average molecular weight is 782 g/mol. The van der Waals surface area contributed by atoms with Crippen molar-refractivity contribution in [3.8, 4) is 17.0 Å². The lowest BCUT2D eigenvalue weighted by atomic mass is 9.81. The van der Waals surface area contributed by atoms with Crippen LogP contribution >= 0.6 is 0 Å². The molecule has 3 aliphatic rings. The molecule has 2 fully saturated rings. The number of aromatic nitrogens is 3. The first kappa shape index (κ1) is 38.6. The summed E-state index contributed by atoms with van der Waals surface area (Å²) in [5.41, 5.74) is 4.61. The Labute approximate surface area is 318 Å². The minimum absolute atomic E-state index is 0.0185. The lowest BCUT2D eigenvalue weighted by Crippen LogP contribution is -2.48. The van der Waals surface area contributed by atoms with E-state index < -0.39 is 39.8 Å². The number of nitrogens with zero attached hydrogens (tertiary/aromatic N) is 4. The molecule has 1 aliphatic carbocycles. The number of carbonyl (C=O) groups is 2. The van der Waals surface area contributed by atoms with Crippen LogP contribution in [0.2, 0.25) is 0 Å². The molecule has 2 atom stereocenters. The molecule has 55 heavy (non-hydrogen) atoms. The molecule has 11 nitrogen and oxygen atoms in total. The fourth-order valence-corrected chi connectivity index (χ4v) is 8.93. The molecular weight excluding hydrogens is 736 g/mol. The second-order valence-corrected chi connectivity index (χ2v) is 17.4. The second kappa shape index (κ2) is 14.8. The normalized spacial score (nSPS) is 19.5. The standard InChI is InChI=1S/C40H46F3N5O6S/c1-23(2)55(51,52)45-38(49)27-11-13-32-34(17-27)47-21-29(15-28-16-30(53-5)12-14-31(28)37(47)35(32)26-9-7-6-8-10-26)36-33(18-44-48(36)22-40(41,42)43)39(50)46-19-24(3)54-25(4)20-46/h11-18,23-26H,6-10,19-22H2,1-5H3,(H,45,49)/t24-,25+. The first-order valence-electron chi connectivity index (χ1n) is 18.7. The number of alkyl halides is 3. The van der Waals surface area contributed by atoms with Crippen LogP contribution in [0.3, 0.4) is 0 Å². The van der Waals surface area contributed by atoms with Gasteiger partial charge in [0.2, 0.25) is 10.0 Å². The third-order valence-corrected chi connectivity index (χ3v) is 12.5. The van der Waals surface area contributed by atoms with Gasteiger partial charge >= 0.3 is 6.18 Å². The van der Waals surface area contributed by atoms with Gasteiger partial charge in [0.1, 0.15) is 12.3 Å². The summed E-state index contributed by atoms with van der Waals surface area (Å²) in [5, 5.41) is 4.19. The monoisotopic (exact) mass is 781 g/mol. The third-order valence-electron chi connectivity index (χ3n) is 10.8. The fraction of sp³-hybridized carbons (Fsp3) is 0.475. The molecule has 294 valence electrons. The summed E-state index contributed by atoms with van der Waals surface area (Å²) in [6.07, 6.45) is 2.87. The molecule has 4 heterocycles. The third kappa shape index (κ3) is 7.65. The topological polar surface area (TPSA) is 125 Å². The first-order valence-corrected chi connectivity index (χ1v) is 20.3. The van der Waals surface area contributed by atoms with Crippen molar-refractivity contribution < 1.29 is 40.7 Å². The summed E-state index contributed by atoms with van der Waals surface area (Å²) >= 11 is 0. The lowest BCUT2D eigenvalue weighted by Gasteiger charge is -2.35. The second-order valence-electron chi connectivity index (χ2n) is 15.2. The number of rotatable bonds is 8. The van der Waals surface area contributed by atoms with Crippen LogP contribution in [0.15, 0.2) is 42.6 Å². The molecule has 7 rings (SSSR count). The molecule has 0 unspecified atom stereocenters. The fourth-order valence-electron chi connectivity index (χ4n) is 8.32. The molecule has 1 N–H and O–H groups in total. The van der Waals surface area contributed by atoms with Crippen molar-refractivity contribution in [1.82, 2.24) is 24.0 Å². The van der Waals surface area contributed by atoms with E-state index in [9.17, 15) is 31.2 Å². The summed E-state index contributed by atoms with van der Waals surface area (Å²) in [7, 11) is -2.40. The van der Waals surface area contributed by atoms with E-state index in [-0.39, 0.29) is 54.6 Å².